The number of hydrogen-bond donors (Lipinski definition) is 1. The van der Waals surface area contributed by atoms with Crippen molar-refractivity contribution in [1.29, 1.82) is 5.41 Å². The molecule has 1 rings (SSSR count). The molecular weight excluding hydrogens is 114 g/mol. The first-order valence-electron chi connectivity index (χ1n) is 2.59. The zero-order valence-electron chi connectivity index (χ0n) is 4.92. The van der Waals surface area contributed by atoms with Gasteiger partial charge in [-0.25, -0.2) is 0 Å². The van der Waals surface area contributed by atoms with Crippen LogP contribution in [-0.2, 0) is 4.74 Å². The molecule has 0 atom stereocenters. The van der Waals surface area contributed by atoms with Crippen molar-refractivity contribution in [2.75, 3.05) is 0 Å². The molecule has 0 saturated heterocycles. The van der Waals surface area contributed by atoms with Crippen LogP contribution in [0.15, 0.2) is 36.6 Å². The minimum Gasteiger partial charge on any atom is -0.447 e. The summed E-state index contributed by atoms with van der Waals surface area (Å²) in [6.07, 6.45) is 6.57. The molecule has 0 spiro atoms. The van der Waals surface area contributed by atoms with Crippen LogP contribution in [0.4, 0.5) is 0 Å². The predicted octanol–water partition coefficient (Wildman–Crippen LogP) is 1.62. The third-order valence-electron chi connectivity index (χ3n) is 0.993. The highest BCUT2D eigenvalue weighted by molar-refractivity contribution is 5.96. The van der Waals surface area contributed by atoms with E-state index in [9.17, 15) is 0 Å². The Bertz CT molecular complexity index is 201. The number of rotatable bonds is 1. The van der Waals surface area contributed by atoms with Crippen molar-refractivity contribution >= 4 is 5.90 Å². The van der Waals surface area contributed by atoms with Crippen LogP contribution in [0.1, 0.15) is 0 Å². The van der Waals surface area contributed by atoms with Crippen LogP contribution in [0, 0.1) is 5.41 Å². The molecule has 1 N–H and O–H groups in total. The molecule has 0 aromatic heterocycles. The first-order chi connectivity index (χ1) is 4.34. The summed E-state index contributed by atoms with van der Waals surface area (Å²) >= 11 is 0. The second-order valence-corrected chi connectivity index (χ2v) is 1.61. The van der Waals surface area contributed by atoms with Crippen LogP contribution in [0.2, 0.25) is 0 Å². The summed E-state index contributed by atoms with van der Waals surface area (Å²) in [5, 5.41) is 7.11. The number of ether oxygens (including phenoxy) is 1. The largest absolute Gasteiger partial charge is 0.447 e. The zero-order chi connectivity index (χ0) is 6.69. The SMILES string of the molecule is C=C/C=C1/C=COC1=N. The van der Waals surface area contributed by atoms with Crippen molar-refractivity contribution in [2.24, 2.45) is 0 Å². The molecule has 0 bridgehead atoms. The van der Waals surface area contributed by atoms with Crippen LogP contribution in [0.3, 0.4) is 0 Å². The second kappa shape index (κ2) is 2.31. The molecule has 0 radical (unpaired) electrons. The minimum atomic E-state index is 0.190. The Hall–Kier alpha value is -1.31. The van der Waals surface area contributed by atoms with Gasteiger partial charge in [-0.2, -0.15) is 0 Å². The predicted molar refractivity (Wildman–Crippen MR) is 36.2 cm³/mol. The summed E-state index contributed by atoms with van der Waals surface area (Å²) in [5.41, 5.74) is 0.769. The molecule has 9 heavy (non-hydrogen) atoms. The van der Waals surface area contributed by atoms with E-state index in [4.69, 9.17) is 10.1 Å². The maximum absolute atomic E-state index is 7.11. The monoisotopic (exact) mass is 121 g/mol. The lowest BCUT2D eigenvalue weighted by Crippen LogP contribution is -1.92. The van der Waals surface area contributed by atoms with Crippen LogP contribution in [0.5, 0.6) is 0 Å². The van der Waals surface area contributed by atoms with E-state index in [1.807, 2.05) is 0 Å². The minimum absolute atomic E-state index is 0.190. The molecule has 0 aliphatic carbocycles. The molecule has 0 amide bonds. The summed E-state index contributed by atoms with van der Waals surface area (Å²) in [4.78, 5) is 0. The van der Waals surface area contributed by atoms with Gasteiger partial charge in [0.25, 0.3) is 0 Å². The van der Waals surface area contributed by atoms with Gasteiger partial charge in [-0.15, -0.1) is 0 Å². The molecule has 0 unspecified atom stereocenters. The number of nitrogens with one attached hydrogen (secondary N) is 1. The Morgan fingerprint density at radius 2 is 2.44 bits per heavy atom. The van der Waals surface area contributed by atoms with Crippen molar-refractivity contribution in [3.8, 4) is 0 Å². The fraction of sp³-hybridized carbons (Fsp3) is 0. The van der Waals surface area contributed by atoms with Crippen molar-refractivity contribution < 1.29 is 4.74 Å². The van der Waals surface area contributed by atoms with Gasteiger partial charge in [0.2, 0.25) is 5.90 Å². The van der Waals surface area contributed by atoms with Crippen molar-refractivity contribution in [2.45, 2.75) is 0 Å². The van der Waals surface area contributed by atoms with Gasteiger partial charge in [0.1, 0.15) is 0 Å². The van der Waals surface area contributed by atoms with Gasteiger partial charge in [0, 0.05) is 5.57 Å². The van der Waals surface area contributed by atoms with E-state index in [1.165, 1.54) is 6.26 Å². The molecular formula is C7H7NO. The van der Waals surface area contributed by atoms with Gasteiger partial charge in [-0.1, -0.05) is 18.7 Å². The molecule has 0 fully saturated rings. The Morgan fingerprint density at radius 3 is 2.89 bits per heavy atom. The number of allylic oxidation sites excluding steroid dienone is 2. The van der Waals surface area contributed by atoms with E-state index in [0.29, 0.717) is 0 Å². The quantitative estimate of drug-likeness (QED) is 0.561. The first-order valence-corrected chi connectivity index (χ1v) is 2.59. The normalized spacial score (nSPS) is 20.4. The molecule has 46 valence electrons. The Labute approximate surface area is 53.7 Å². The average molecular weight is 121 g/mol. The van der Waals surface area contributed by atoms with E-state index in [-0.39, 0.29) is 5.90 Å². The Balaban J connectivity index is 2.81. The Kier molecular flexibility index (Phi) is 1.49. The average Bonchev–Trinajstić information content (AvgIpc) is 2.18. The van der Waals surface area contributed by atoms with Gasteiger partial charge in [0.15, 0.2) is 0 Å². The lowest BCUT2D eigenvalue weighted by atomic mass is 10.2. The summed E-state index contributed by atoms with van der Waals surface area (Å²) < 4.78 is 4.70. The highest BCUT2D eigenvalue weighted by Gasteiger charge is 2.05. The van der Waals surface area contributed by atoms with Gasteiger partial charge >= 0.3 is 0 Å². The van der Waals surface area contributed by atoms with Gasteiger partial charge < -0.3 is 4.74 Å². The van der Waals surface area contributed by atoms with E-state index < -0.39 is 0 Å². The summed E-state index contributed by atoms with van der Waals surface area (Å²) in [6.45, 7) is 3.50. The molecule has 2 nitrogen and oxygen atoms in total. The van der Waals surface area contributed by atoms with Gasteiger partial charge in [0.05, 0.1) is 6.26 Å². The highest BCUT2D eigenvalue weighted by atomic mass is 16.5. The number of hydrogen-bond acceptors (Lipinski definition) is 2. The van der Waals surface area contributed by atoms with Crippen LogP contribution >= 0.6 is 0 Å². The summed E-state index contributed by atoms with van der Waals surface area (Å²) in [6, 6.07) is 0. The van der Waals surface area contributed by atoms with Crippen LogP contribution in [-0.4, -0.2) is 5.90 Å². The molecule has 0 aromatic carbocycles. The molecule has 1 heterocycles. The van der Waals surface area contributed by atoms with E-state index in [2.05, 4.69) is 6.58 Å². The van der Waals surface area contributed by atoms with Crippen LogP contribution < -0.4 is 0 Å². The molecule has 2 heteroatoms. The molecule has 0 saturated carbocycles. The third kappa shape index (κ3) is 1.08. The topological polar surface area (TPSA) is 33.1 Å². The summed E-state index contributed by atoms with van der Waals surface area (Å²) in [5.74, 6) is 0.190. The lowest BCUT2D eigenvalue weighted by molar-refractivity contribution is 0.483. The smallest absolute Gasteiger partial charge is 0.218 e. The van der Waals surface area contributed by atoms with E-state index in [0.717, 1.165) is 5.57 Å². The van der Waals surface area contributed by atoms with E-state index in [1.54, 1.807) is 18.2 Å². The van der Waals surface area contributed by atoms with Crippen molar-refractivity contribution in [3.05, 3.63) is 36.6 Å². The van der Waals surface area contributed by atoms with Crippen LogP contribution in [0.25, 0.3) is 0 Å². The second-order valence-electron chi connectivity index (χ2n) is 1.61. The van der Waals surface area contributed by atoms with Gasteiger partial charge in [-0.3, -0.25) is 5.41 Å². The van der Waals surface area contributed by atoms with Crippen molar-refractivity contribution in [1.82, 2.24) is 0 Å². The van der Waals surface area contributed by atoms with Crippen molar-refractivity contribution in [3.63, 3.8) is 0 Å². The lowest BCUT2D eigenvalue weighted by Gasteiger charge is -1.90. The van der Waals surface area contributed by atoms with E-state index >= 15 is 0 Å². The maximum Gasteiger partial charge on any atom is 0.218 e. The summed E-state index contributed by atoms with van der Waals surface area (Å²) in [7, 11) is 0. The molecule has 0 aromatic rings. The zero-order valence-corrected chi connectivity index (χ0v) is 4.92. The van der Waals surface area contributed by atoms with Gasteiger partial charge in [-0.05, 0) is 6.08 Å². The standard InChI is InChI=1S/C7H7NO/c1-2-3-6-4-5-9-7(6)8/h2-5,8H,1H2/b6-3-,8-7?. The highest BCUT2D eigenvalue weighted by Crippen LogP contribution is 2.08. The molecule has 1 aliphatic rings. The maximum atomic E-state index is 7.11. The fourth-order valence-electron chi connectivity index (χ4n) is 0.577. The first kappa shape index (κ1) is 5.82. The molecule has 1 aliphatic heterocycles. The Morgan fingerprint density at radius 1 is 1.67 bits per heavy atom. The third-order valence-corrected chi connectivity index (χ3v) is 0.993. The fourth-order valence-corrected chi connectivity index (χ4v) is 0.577.